The second kappa shape index (κ2) is 4.99. The molecule has 2 N–H and O–H groups in total. The predicted octanol–water partition coefficient (Wildman–Crippen LogP) is 1.45. The summed E-state index contributed by atoms with van der Waals surface area (Å²) in [7, 11) is 0. The van der Waals surface area contributed by atoms with Crippen molar-refractivity contribution < 1.29 is 18.3 Å². The van der Waals surface area contributed by atoms with Gasteiger partial charge in [0.25, 0.3) is 6.02 Å². The fourth-order valence-electron chi connectivity index (χ4n) is 1.51. The van der Waals surface area contributed by atoms with Crippen LogP contribution in [0.2, 0.25) is 0 Å². The SMILES string of the molecule is NC1=N[C@@H](CCOc2cc(F)cc(F)c2)CO1. The van der Waals surface area contributed by atoms with Gasteiger partial charge >= 0.3 is 0 Å². The summed E-state index contributed by atoms with van der Waals surface area (Å²) < 4.78 is 35.8. The van der Waals surface area contributed by atoms with Gasteiger partial charge in [0.05, 0.1) is 12.6 Å². The highest BCUT2D eigenvalue weighted by Crippen LogP contribution is 2.16. The first kappa shape index (κ1) is 11.6. The molecule has 0 spiro atoms. The van der Waals surface area contributed by atoms with Gasteiger partial charge in [-0.15, -0.1) is 0 Å². The van der Waals surface area contributed by atoms with Crippen LogP contribution >= 0.6 is 0 Å². The van der Waals surface area contributed by atoms with Crippen molar-refractivity contribution in [2.75, 3.05) is 13.2 Å². The maximum absolute atomic E-state index is 12.8. The number of rotatable bonds is 4. The molecule has 0 aliphatic carbocycles. The molecule has 0 saturated heterocycles. The minimum Gasteiger partial charge on any atom is -0.493 e. The number of ether oxygens (including phenoxy) is 2. The Labute approximate surface area is 97.0 Å². The Morgan fingerprint density at radius 2 is 2.06 bits per heavy atom. The second-order valence-electron chi connectivity index (χ2n) is 3.67. The molecular formula is C11H12F2N2O2. The first-order valence-electron chi connectivity index (χ1n) is 5.18. The lowest BCUT2D eigenvalue weighted by molar-refractivity contribution is 0.262. The van der Waals surface area contributed by atoms with E-state index in [2.05, 4.69) is 4.99 Å². The number of halogens is 2. The van der Waals surface area contributed by atoms with Gasteiger partial charge in [-0.25, -0.2) is 13.8 Å². The van der Waals surface area contributed by atoms with E-state index in [4.69, 9.17) is 15.2 Å². The predicted molar refractivity (Wildman–Crippen MR) is 57.8 cm³/mol. The standard InChI is InChI=1S/C11H12F2N2O2/c12-7-3-8(13)5-10(4-7)16-2-1-9-6-17-11(14)15-9/h3-5,9H,1-2,6H2,(H2,14,15)/t9-/m0/s1. The van der Waals surface area contributed by atoms with E-state index in [0.717, 1.165) is 18.2 Å². The summed E-state index contributed by atoms with van der Waals surface area (Å²) in [5.41, 5.74) is 5.34. The fourth-order valence-corrected chi connectivity index (χ4v) is 1.51. The fraction of sp³-hybridized carbons (Fsp3) is 0.364. The van der Waals surface area contributed by atoms with Gasteiger partial charge in [0.15, 0.2) is 0 Å². The summed E-state index contributed by atoms with van der Waals surface area (Å²) in [6.45, 7) is 0.723. The molecule has 1 aromatic carbocycles. The molecule has 1 heterocycles. The summed E-state index contributed by atoms with van der Waals surface area (Å²) in [5.74, 6) is -1.16. The molecule has 4 nitrogen and oxygen atoms in total. The average molecular weight is 242 g/mol. The van der Waals surface area contributed by atoms with Crippen LogP contribution in [-0.2, 0) is 4.74 Å². The van der Waals surface area contributed by atoms with Crippen molar-refractivity contribution in [1.82, 2.24) is 0 Å². The van der Waals surface area contributed by atoms with Crippen molar-refractivity contribution in [2.45, 2.75) is 12.5 Å². The van der Waals surface area contributed by atoms with Crippen molar-refractivity contribution >= 4 is 6.02 Å². The van der Waals surface area contributed by atoms with E-state index < -0.39 is 11.6 Å². The molecule has 0 unspecified atom stereocenters. The maximum Gasteiger partial charge on any atom is 0.282 e. The Morgan fingerprint density at radius 3 is 2.65 bits per heavy atom. The number of hydrogen-bond donors (Lipinski definition) is 1. The Morgan fingerprint density at radius 1 is 1.35 bits per heavy atom. The number of aliphatic imine (C=N–C) groups is 1. The van der Waals surface area contributed by atoms with E-state index in [-0.39, 0.29) is 17.8 Å². The third-order valence-corrected chi connectivity index (χ3v) is 2.29. The van der Waals surface area contributed by atoms with Gasteiger partial charge in [-0.1, -0.05) is 0 Å². The number of amidine groups is 1. The van der Waals surface area contributed by atoms with Gasteiger partial charge in [-0.2, -0.15) is 0 Å². The highest BCUT2D eigenvalue weighted by molar-refractivity contribution is 5.72. The Kier molecular flexibility index (Phi) is 3.41. The summed E-state index contributed by atoms with van der Waals surface area (Å²) >= 11 is 0. The van der Waals surface area contributed by atoms with Crippen LogP contribution in [0.5, 0.6) is 5.75 Å². The van der Waals surface area contributed by atoms with E-state index >= 15 is 0 Å². The topological polar surface area (TPSA) is 56.8 Å². The number of hydrogen-bond acceptors (Lipinski definition) is 4. The lowest BCUT2D eigenvalue weighted by Gasteiger charge is -2.08. The Balaban J connectivity index is 1.82. The molecular weight excluding hydrogens is 230 g/mol. The molecule has 1 aliphatic rings. The van der Waals surface area contributed by atoms with Gasteiger partial charge in [0.2, 0.25) is 0 Å². The maximum atomic E-state index is 12.8. The van der Waals surface area contributed by atoms with Gasteiger partial charge in [-0.3, -0.25) is 0 Å². The Bertz CT molecular complexity index is 417. The van der Waals surface area contributed by atoms with Crippen molar-refractivity contribution in [3.63, 3.8) is 0 Å². The van der Waals surface area contributed by atoms with Gasteiger partial charge in [0, 0.05) is 24.6 Å². The first-order chi connectivity index (χ1) is 8.13. The first-order valence-corrected chi connectivity index (χ1v) is 5.18. The lowest BCUT2D eigenvalue weighted by Crippen LogP contribution is -2.12. The molecule has 6 heteroatoms. The molecule has 0 amide bonds. The zero-order valence-electron chi connectivity index (χ0n) is 9.03. The second-order valence-corrected chi connectivity index (χ2v) is 3.67. The average Bonchev–Trinajstić information content (AvgIpc) is 2.63. The van der Waals surface area contributed by atoms with E-state index in [9.17, 15) is 8.78 Å². The van der Waals surface area contributed by atoms with Crippen molar-refractivity contribution in [3.05, 3.63) is 29.8 Å². The molecule has 0 aromatic heterocycles. The normalized spacial score (nSPS) is 18.7. The van der Waals surface area contributed by atoms with Crippen LogP contribution in [0.4, 0.5) is 8.78 Å². The molecule has 0 saturated carbocycles. The van der Waals surface area contributed by atoms with Crippen molar-refractivity contribution in [2.24, 2.45) is 10.7 Å². The van der Waals surface area contributed by atoms with Crippen LogP contribution in [0.15, 0.2) is 23.2 Å². The van der Waals surface area contributed by atoms with Gasteiger partial charge in [-0.05, 0) is 0 Å². The monoisotopic (exact) mass is 242 g/mol. The van der Waals surface area contributed by atoms with Gasteiger partial charge in [0.1, 0.15) is 24.0 Å². The molecule has 1 atom stereocenters. The molecule has 92 valence electrons. The largest absolute Gasteiger partial charge is 0.493 e. The molecule has 0 bridgehead atoms. The molecule has 2 rings (SSSR count). The highest BCUT2D eigenvalue weighted by Gasteiger charge is 2.16. The van der Waals surface area contributed by atoms with Crippen molar-refractivity contribution in [3.8, 4) is 5.75 Å². The molecule has 17 heavy (non-hydrogen) atoms. The zero-order valence-corrected chi connectivity index (χ0v) is 9.03. The van der Waals surface area contributed by atoms with Crippen LogP contribution < -0.4 is 10.5 Å². The minimum atomic E-state index is -0.661. The smallest absolute Gasteiger partial charge is 0.282 e. The van der Waals surface area contributed by atoms with Crippen LogP contribution in [0.3, 0.4) is 0 Å². The van der Waals surface area contributed by atoms with Gasteiger partial charge < -0.3 is 15.2 Å². The van der Waals surface area contributed by atoms with Crippen LogP contribution in [-0.4, -0.2) is 25.3 Å². The number of benzene rings is 1. The molecule has 0 radical (unpaired) electrons. The van der Waals surface area contributed by atoms with E-state index in [0.29, 0.717) is 19.6 Å². The minimum absolute atomic E-state index is 0.0478. The third kappa shape index (κ3) is 3.30. The summed E-state index contributed by atoms with van der Waals surface area (Å²) in [5, 5.41) is 0. The molecule has 0 fully saturated rings. The summed E-state index contributed by atoms with van der Waals surface area (Å²) in [6, 6.07) is 3.18. The number of nitrogens with two attached hydrogens (primary N) is 1. The lowest BCUT2D eigenvalue weighted by atomic mass is 10.2. The highest BCUT2D eigenvalue weighted by atomic mass is 19.1. The van der Waals surface area contributed by atoms with E-state index in [1.165, 1.54) is 0 Å². The Hall–Kier alpha value is -1.85. The van der Waals surface area contributed by atoms with Crippen LogP contribution in [0.25, 0.3) is 0 Å². The number of nitrogens with zero attached hydrogens (tertiary/aromatic N) is 1. The summed E-state index contributed by atoms with van der Waals surface area (Å²) in [4.78, 5) is 4.00. The summed E-state index contributed by atoms with van der Waals surface area (Å²) in [6.07, 6.45) is 0.582. The van der Waals surface area contributed by atoms with Crippen LogP contribution in [0, 0.1) is 11.6 Å². The molecule has 1 aromatic rings. The molecule has 1 aliphatic heterocycles. The third-order valence-electron chi connectivity index (χ3n) is 2.29. The zero-order chi connectivity index (χ0) is 12.3. The quantitative estimate of drug-likeness (QED) is 0.869. The van der Waals surface area contributed by atoms with E-state index in [1.807, 2.05) is 0 Å². The van der Waals surface area contributed by atoms with Crippen molar-refractivity contribution in [1.29, 1.82) is 0 Å². The van der Waals surface area contributed by atoms with E-state index in [1.54, 1.807) is 0 Å². The van der Waals surface area contributed by atoms with Crippen LogP contribution in [0.1, 0.15) is 6.42 Å².